The lowest BCUT2D eigenvalue weighted by atomic mass is 10.3. The molecule has 0 N–H and O–H groups in total. The fourth-order valence-electron chi connectivity index (χ4n) is 0.929. The molecule has 1 aromatic heterocycles. The Kier molecular flexibility index (Phi) is 5.09. The first-order valence-corrected chi connectivity index (χ1v) is 7.19. The number of alkyl halides is 1. The molecule has 15 heavy (non-hydrogen) atoms. The van der Waals surface area contributed by atoms with Crippen LogP contribution in [0.5, 0.6) is 0 Å². The minimum Gasteiger partial charge on any atom is -0.337 e. The normalized spacial score (nSPS) is 12.6. The Morgan fingerprint density at radius 1 is 1.67 bits per heavy atom. The van der Waals surface area contributed by atoms with E-state index in [0.717, 1.165) is 8.26 Å². The van der Waals surface area contributed by atoms with E-state index in [2.05, 4.69) is 31.9 Å². The van der Waals surface area contributed by atoms with Crippen LogP contribution in [0.4, 0.5) is 0 Å². The van der Waals surface area contributed by atoms with Crippen LogP contribution in [0.15, 0.2) is 14.3 Å². The molecule has 1 unspecified atom stereocenters. The van der Waals surface area contributed by atoms with Gasteiger partial charge in [0.15, 0.2) is 0 Å². The van der Waals surface area contributed by atoms with Crippen LogP contribution in [0.25, 0.3) is 0 Å². The van der Waals surface area contributed by atoms with Crippen molar-refractivity contribution in [3.05, 3.63) is 19.2 Å². The van der Waals surface area contributed by atoms with Crippen molar-refractivity contribution < 1.29 is 4.79 Å². The van der Waals surface area contributed by atoms with Gasteiger partial charge < -0.3 is 4.90 Å². The van der Waals surface area contributed by atoms with Crippen LogP contribution in [-0.2, 0) is 0 Å². The van der Waals surface area contributed by atoms with Crippen LogP contribution < -0.4 is 0 Å². The second-order valence-corrected chi connectivity index (χ2v) is 6.68. The van der Waals surface area contributed by atoms with E-state index in [-0.39, 0.29) is 11.9 Å². The Morgan fingerprint density at radius 3 is 2.67 bits per heavy atom. The van der Waals surface area contributed by atoms with Gasteiger partial charge in [-0.1, -0.05) is 0 Å². The van der Waals surface area contributed by atoms with Crippen molar-refractivity contribution in [2.45, 2.75) is 13.0 Å². The van der Waals surface area contributed by atoms with Crippen molar-refractivity contribution in [1.82, 2.24) is 4.90 Å². The van der Waals surface area contributed by atoms with Crippen molar-refractivity contribution in [2.75, 3.05) is 12.9 Å². The summed E-state index contributed by atoms with van der Waals surface area (Å²) in [6.45, 7) is 1.92. The molecule has 1 amide bonds. The molecule has 0 aliphatic rings. The van der Waals surface area contributed by atoms with Crippen molar-refractivity contribution in [2.24, 2.45) is 0 Å². The summed E-state index contributed by atoms with van der Waals surface area (Å²) in [4.78, 5) is 14.3. The Balaban J connectivity index is 2.85. The van der Waals surface area contributed by atoms with E-state index in [0.29, 0.717) is 10.8 Å². The van der Waals surface area contributed by atoms with Crippen LogP contribution in [0.1, 0.15) is 16.6 Å². The third-order valence-electron chi connectivity index (χ3n) is 2.06. The quantitative estimate of drug-likeness (QED) is 0.732. The lowest BCUT2D eigenvalue weighted by Crippen LogP contribution is -2.35. The number of rotatable bonds is 3. The summed E-state index contributed by atoms with van der Waals surface area (Å²) >= 11 is 13.8. The highest BCUT2D eigenvalue weighted by Crippen LogP contribution is 2.33. The van der Waals surface area contributed by atoms with E-state index in [1.807, 2.05) is 13.0 Å². The zero-order valence-corrected chi connectivity index (χ0v) is 13.0. The molecule has 0 fully saturated rings. The van der Waals surface area contributed by atoms with Gasteiger partial charge in [0.05, 0.1) is 8.66 Å². The maximum absolute atomic E-state index is 11.9. The van der Waals surface area contributed by atoms with Gasteiger partial charge in [-0.15, -0.1) is 22.9 Å². The summed E-state index contributed by atoms with van der Waals surface area (Å²) in [6.07, 6.45) is 0. The molecule has 1 atom stereocenters. The fourth-order valence-corrected chi connectivity index (χ4v) is 3.15. The lowest BCUT2D eigenvalue weighted by Gasteiger charge is -2.22. The fraction of sp³-hybridized carbons (Fsp3) is 0.444. The van der Waals surface area contributed by atoms with E-state index in [9.17, 15) is 4.79 Å². The third-order valence-corrected chi connectivity index (χ3v) is 5.75. The molecule has 1 aromatic rings. The van der Waals surface area contributed by atoms with E-state index < -0.39 is 0 Å². The summed E-state index contributed by atoms with van der Waals surface area (Å²) in [6, 6.07) is 1.85. The number of amides is 1. The molecule has 0 aliphatic heterocycles. The summed E-state index contributed by atoms with van der Waals surface area (Å²) < 4.78 is 1.83. The molecular formula is C9H10Br2ClNOS. The molecule has 6 heteroatoms. The van der Waals surface area contributed by atoms with Crippen LogP contribution >= 0.6 is 54.8 Å². The smallest absolute Gasteiger partial charge is 0.264 e. The zero-order valence-electron chi connectivity index (χ0n) is 8.26. The average molecular weight is 376 g/mol. The minimum atomic E-state index is -0.000417. The maximum atomic E-state index is 11.9. The highest BCUT2D eigenvalue weighted by Gasteiger charge is 2.19. The molecule has 0 spiro atoms. The standard InChI is InChI=1S/C9H10Br2ClNOS/c1-5(4-12)13(2)9(14)7-3-6(10)8(11)15-7/h3,5H,4H2,1-2H3. The molecule has 0 aromatic carbocycles. The average Bonchev–Trinajstić information content (AvgIpc) is 2.56. The number of halogens is 3. The Labute approximate surface area is 115 Å². The summed E-state index contributed by atoms with van der Waals surface area (Å²) in [5.41, 5.74) is 0. The molecular weight excluding hydrogens is 365 g/mol. The first-order chi connectivity index (χ1) is 6.97. The van der Waals surface area contributed by atoms with Crippen molar-refractivity contribution in [3.8, 4) is 0 Å². The van der Waals surface area contributed by atoms with Crippen LogP contribution in [0.3, 0.4) is 0 Å². The summed E-state index contributed by atoms with van der Waals surface area (Å²) in [5, 5.41) is 0. The van der Waals surface area contributed by atoms with Crippen LogP contribution in [-0.4, -0.2) is 29.8 Å². The van der Waals surface area contributed by atoms with Crippen molar-refractivity contribution >= 4 is 60.7 Å². The first-order valence-electron chi connectivity index (χ1n) is 4.25. The van der Waals surface area contributed by atoms with Gasteiger partial charge in [-0.25, -0.2) is 0 Å². The van der Waals surface area contributed by atoms with Crippen molar-refractivity contribution in [3.63, 3.8) is 0 Å². The molecule has 0 saturated heterocycles. The van der Waals surface area contributed by atoms with Gasteiger partial charge >= 0.3 is 0 Å². The number of carbonyl (C=O) groups is 1. The van der Waals surface area contributed by atoms with Gasteiger partial charge in [0.2, 0.25) is 0 Å². The zero-order chi connectivity index (χ0) is 11.6. The molecule has 0 aliphatic carbocycles. The predicted octanol–water partition coefficient (Wildman–Crippen LogP) is 3.97. The Bertz CT molecular complexity index is 349. The first kappa shape index (κ1) is 13.5. The highest BCUT2D eigenvalue weighted by molar-refractivity contribution is 9.13. The molecule has 0 radical (unpaired) electrons. The number of thiophene rings is 1. The van der Waals surface area contributed by atoms with E-state index >= 15 is 0 Å². The second kappa shape index (κ2) is 5.66. The molecule has 0 saturated carbocycles. The van der Waals surface area contributed by atoms with Gasteiger partial charge in [-0.3, -0.25) is 4.79 Å². The number of hydrogen-bond acceptors (Lipinski definition) is 2. The van der Waals surface area contributed by atoms with E-state index in [4.69, 9.17) is 11.6 Å². The van der Waals surface area contributed by atoms with E-state index in [1.54, 1.807) is 11.9 Å². The lowest BCUT2D eigenvalue weighted by molar-refractivity contribution is 0.0761. The molecule has 1 heterocycles. The molecule has 0 bridgehead atoms. The SMILES string of the molecule is CC(CCl)N(C)C(=O)c1cc(Br)c(Br)s1. The summed E-state index contributed by atoms with van der Waals surface area (Å²) in [5.74, 6) is 0.440. The number of carbonyl (C=O) groups excluding carboxylic acids is 1. The van der Waals surface area contributed by atoms with Gasteiger partial charge in [0.1, 0.15) is 0 Å². The Hall–Kier alpha value is 0.420. The molecule has 1 rings (SSSR count). The second-order valence-electron chi connectivity index (χ2n) is 3.15. The Morgan fingerprint density at radius 2 is 2.27 bits per heavy atom. The van der Waals surface area contributed by atoms with Crippen molar-refractivity contribution in [1.29, 1.82) is 0 Å². The van der Waals surface area contributed by atoms with Gasteiger partial charge in [0.25, 0.3) is 5.91 Å². The molecule has 84 valence electrons. The van der Waals surface area contributed by atoms with Crippen LogP contribution in [0, 0.1) is 0 Å². The predicted molar refractivity (Wildman–Crippen MR) is 72.0 cm³/mol. The number of hydrogen-bond donors (Lipinski definition) is 0. The minimum absolute atomic E-state index is 0.000417. The highest BCUT2D eigenvalue weighted by atomic mass is 79.9. The van der Waals surface area contributed by atoms with Gasteiger partial charge in [0, 0.05) is 23.4 Å². The number of nitrogens with zero attached hydrogens (tertiary/aromatic N) is 1. The third kappa shape index (κ3) is 3.19. The monoisotopic (exact) mass is 373 g/mol. The van der Waals surface area contributed by atoms with Gasteiger partial charge in [-0.2, -0.15) is 0 Å². The largest absolute Gasteiger partial charge is 0.337 e. The topological polar surface area (TPSA) is 20.3 Å². The maximum Gasteiger partial charge on any atom is 0.264 e. The summed E-state index contributed by atoms with van der Waals surface area (Å²) in [7, 11) is 1.76. The molecule has 2 nitrogen and oxygen atoms in total. The van der Waals surface area contributed by atoms with Crippen LogP contribution in [0.2, 0.25) is 0 Å². The van der Waals surface area contributed by atoms with Gasteiger partial charge in [-0.05, 0) is 44.8 Å². The van der Waals surface area contributed by atoms with E-state index in [1.165, 1.54) is 11.3 Å².